The molecule has 0 unspecified atom stereocenters. The predicted molar refractivity (Wildman–Crippen MR) is 126 cm³/mol. The van der Waals surface area contributed by atoms with E-state index in [4.69, 9.17) is 6.42 Å². The summed E-state index contributed by atoms with van der Waals surface area (Å²) in [5.41, 5.74) is 3.27. The van der Waals surface area contributed by atoms with E-state index in [1.54, 1.807) is 10.3 Å². The Balaban J connectivity index is 1.43. The van der Waals surface area contributed by atoms with E-state index in [0.717, 1.165) is 16.8 Å². The van der Waals surface area contributed by atoms with E-state index in [1.807, 2.05) is 48.5 Å². The Morgan fingerprint density at radius 2 is 2.06 bits per heavy atom. The van der Waals surface area contributed by atoms with Gasteiger partial charge in [0, 0.05) is 24.0 Å². The minimum absolute atomic E-state index is 0.136. The number of aliphatic hydroxyl groups excluding tert-OH is 1. The molecular weight excluding hydrogens is 446 g/mol. The number of urea groups is 1. The van der Waals surface area contributed by atoms with Crippen molar-refractivity contribution in [3.05, 3.63) is 64.5 Å². The topological polar surface area (TPSA) is 77.5 Å². The number of nitrogens with one attached hydrogen (secondary N) is 2. The number of hydrogen-bond acceptors (Lipinski definition) is 5. The number of alkyl halides is 2. The number of aliphatic hydroxyl groups is 1. The minimum Gasteiger partial charge on any atom is -0.394 e. The summed E-state index contributed by atoms with van der Waals surface area (Å²) in [6.07, 6.45) is 5.14. The van der Waals surface area contributed by atoms with Crippen molar-refractivity contribution in [1.29, 1.82) is 0 Å². The number of thiazole rings is 1. The molecule has 1 aromatic heterocycles. The second-order valence-electron chi connectivity index (χ2n) is 7.72. The number of amides is 2. The van der Waals surface area contributed by atoms with Gasteiger partial charge in [0.15, 0.2) is 5.01 Å². The third-order valence-electron chi connectivity index (χ3n) is 5.38. The number of nitrogens with zero attached hydrogens (tertiary/aromatic N) is 2. The molecule has 3 aromatic rings. The highest BCUT2D eigenvalue weighted by Gasteiger charge is 2.38. The van der Waals surface area contributed by atoms with Crippen LogP contribution in [0, 0.1) is 12.3 Å². The van der Waals surface area contributed by atoms with E-state index < -0.39 is 18.0 Å². The average molecular weight is 469 g/mol. The first-order valence-electron chi connectivity index (χ1n) is 10.3. The summed E-state index contributed by atoms with van der Waals surface area (Å²) < 4.78 is 27.2. The van der Waals surface area contributed by atoms with E-state index >= 15 is 0 Å². The van der Waals surface area contributed by atoms with Crippen LogP contribution in [0.3, 0.4) is 0 Å². The number of aromatic nitrogens is 1. The SMILES string of the molecule is C#Cc1nc(NC(=O)N[C@@H](CO)c2ccc(-c3cccc(N4CCC(F)(F)C4)c3)cc2)cs1. The molecule has 0 radical (unpaired) electrons. The molecule has 4 rings (SSSR count). The van der Waals surface area contributed by atoms with Gasteiger partial charge in [0.05, 0.1) is 19.2 Å². The zero-order chi connectivity index (χ0) is 23.4. The number of halogens is 2. The highest BCUT2D eigenvalue weighted by Crippen LogP contribution is 2.33. The van der Waals surface area contributed by atoms with Gasteiger partial charge in [0.2, 0.25) is 0 Å². The van der Waals surface area contributed by atoms with Crippen LogP contribution >= 0.6 is 11.3 Å². The first-order chi connectivity index (χ1) is 15.9. The number of terminal acetylenes is 1. The Morgan fingerprint density at radius 1 is 1.27 bits per heavy atom. The number of benzene rings is 2. The van der Waals surface area contributed by atoms with Crippen LogP contribution in [0.2, 0.25) is 0 Å². The molecule has 0 saturated carbocycles. The first-order valence-corrected chi connectivity index (χ1v) is 11.2. The lowest BCUT2D eigenvalue weighted by molar-refractivity contribution is 0.0257. The third-order valence-corrected chi connectivity index (χ3v) is 6.16. The maximum atomic E-state index is 13.6. The number of rotatable bonds is 6. The maximum absolute atomic E-state index is 13.6. The van der Waals surface area contributed by atoms with Crippen molar-refractivity contribution < 1.29 is 18.7 Å². The molecule has 9 heteroatoms. The number of carbonyl (C=O) groups excluding carboxylic acids is 1. The molecular formula is C24H22F2N4O2S. The van der Waals surface area contributed by atoms with Crippen LogP contribution in [0.25, 0.3) is 11.1 Å². The number of hydrogen-bond donors (Lipinski definition) is 3. The molecule has 3 N–H and O–H groups in total. The van der Waals surface area contributed by atoms with Crippen LogP contribution in [0.15, 0.2) is 53.9 Å². The summed E-state index contributed by atoms with van der Waals surface area (Å²) >= 11 is 1.24. The molecule has 1 saturated heterocycles. The van der Waals surface area contributed by atoms with Gasteiger partial charge in [0.1, 0.15) is 5.82 Å². The smallest absolute Gasteiger partial charge is 0.320 e. The van der Waals surface area contributed by atoms with Crippen molar-refractivity contribution in [3.63, 3.8) is 0 Å². The number of anilines is 2. The van der Waals surface area contributed by atoms with E-state index in [1.165, 1.54) is 11.3 Å². The molecule has 2 heterocycles. The fourth-order valence-electron chi connectivity index (χ4n) is 3.69. The van der Waals surface area contributed by atoms with Gasteiger partial charge in [-0.2, -0.15) is 0 Å². The van der Waals surface area contributed by atoms with Crippen molar-refractivity contribution >= 4 is 28.9 Å². The Bertz CT molecular complexity index is 1170. The molecule has 2 amide bonds. The van der Waals surface area contributed by atoms with Crippen molar-refractivity contribution in [2.24, 2.45) is 0 Å². The Hall–Kier alpha value is -3.48. The maximum Gasteiger partial charge on any atom is 0.320 e. The van der Waals surface area contributed by atoms with E-state index in [0.29, 0.717) is 22.9 Å². The summed E-state index contributed by atoms with van der Waals surface area (Å²) in [6, 6.07) is 13.7. The average Bonchev–Trinajstić information content (AvgIpc) is 3.43. The van der Waals surface area contributed by atoms with Gasteiger partial charge in [-0.1, -0.05) is 36.4 Å². The number of carbonyl (C=O) groups is 1. The van der Waals surface area contributed by atoms with Crippen LogP contribution < -0.4 is 15.5 Å². The first kappa shape index (κ1) is 22.7. The quantitative estimate of drug-likeness (QED) is 0.466. The fraction of sp³-hybridized carbons (Fsp3) is 0.250. The Labute approximate surface area is 194 Å². The fourth-order valence-corrected chi connectivity index (χ4v) is 4.24. The zero-order valence-corrected chi connectivity index (χ0v) is 18.4. The molecule has 33 heavy (non-hydrogen) atoms. The van der Waals surface area contributed by atoms with Crippen molar-refractivity contribution in [3.8, 4) is 23.5 Å². The van der Waals surface area contributed by atoms with Gasteiger partial charge in [-0.3, -0.25) is 5.32 Å². The lowest BCUT2D eigenvalue weighted by Gasteiger charge is -2.19. The molecule has 1 aliphatic heterocycles. The van der Waals surface area contributed by atoms with E-state index in [-0.39, 0.29) is 19.6 Å². The standard InChI is InChI=1S/C24H22F2N4O2S/c1-2-22-28-21(14-33-22)29-23(32)27-20(13-31)17-8-6-16(7-9-17)18-4-3-5-19(12-18)30-11-10-24(25,26)15-30/h1,3-9,12,14,20,31H,10-11,13,15H2,(H2,27,29,32)/t20-/m0/s1. The van der Waals surface area contributed by atoms with Crippen LogP contribution in [-0.4, -0.2) is 41.7 Å². The van der Waals surface area contributed by atoms with Crippen molar-refractivity contribution in [2.45, 2.75) is 18.4 Å². The van der Waals surface area contributed by atoms with Crippen molar-refractivity contribution in [1.82, 2.24) is 10.3 Å². The molecule has 2 aromatic carbocycles. The molecule has 1 atom stereocenters. The van der Waals surface area contributed by atoms with Crippen LogP contribution in [0.1, 0.15) is 23.0 Å². The van der Waals surface area contributed by atoms with E-state index in [9.17, 15) is 18.7 Å². The normalized spacial score (nSPS) is 15.6. The zero-order valence-electron chi connectivity index (χ0n) is 17.6. The van der Waals surface area contributed by atoms with Gasteiger partial charge >= 0.3 is 6.03 Å². The van der Waals surface area contributed by atoms with Crippen molar-refractivity contribution in [2.75, 3.05) is 29.9 Å². The van der Waals surface area contributed by atoms with Crippen LogP contribution in [0.5, 0.6) is 0 Å². The van der Waals surface area contributed by atoms with Gasteiger partial charge in [-0.05, 0) is 34.7 Å². The second-order valence-corrected chi connectivity index (χ2v) is 8.57. The van der Waals surface area contributed by atoms with Gasteiger partial charge in [0.25, 0.3) is 5.92 Å². The summed E-state index contributed by atoms with van der Waals surface area (Å²) in [5, 5.41) is 17.2. The molecule has 1 aliphatic rings. The molecule has 0 aliphatic carbocycles. The van der Waals surface area contributed by atoms with E-state index in [2.05, 4.69) is 21.5 Å². The van der Waals surface area contributed by atoms with Gasteiger partial charge < -0.3 is 15.3 Å². The summed E-state index contributed by atoms with van der Waals surface area (Å²) in [4.78, 5) is 18.0. The Morgan fingerprint density at radius 3 is 2.70 bits per heavy atom. The monoisotopic (exact) mass is 468 g/mol. The molecule has 0 spiro atoms. The van der Waals surface area contributed by atoms with Crippen LogP contribution in [-0.2, 0) is 0 Å². The molecule has 1 fully saturated rings. The van der Waals surface area contributed by atoms with Crippen LogP contribution in [0.4, 0.5) is 25.1 Å². The lowest BCUT2D eigenvalue weighted by atomic mass is 10.0. The summed E-state index contributed by atoms with van der Waals surface area (Å²) in [5.74, 6) is 0.0871. The predicted octanol–water partition coefficient (Wildman–Crippen LogP) is 4.49. The lowest BCUT2D eigenvalue weighted by Crippen LogP contribution is -2.34. The molecule has 0 bridgehead atoms. The minimum atomic E-state index is -2.65. The Kier molecular flexibility index (Phi) is 6.58. The van der Waals surface area contributed by atoms with Gasteiger partial charge in [-0.25, -0.2) is 18.6 Å². The highest BCUT2D eigenvalue weighted by atomic mass is 32.1. The summed E-state index contributed by atoms with van der Waals surface area (Å²) in [6.45, 7) is -0.239. The third kappa shape index (κ3) is 5.48. The highest BCUT2D eigenvalue weighted by molar-refractivity contribution is 7.10. The second kappa shape index (κ2) is 9.57. The molecule has 170 valence electrons. The largest absolute Gasteiger partial charge is 0.394 e. The van der Waals surface area contributed by atoms with Gasteiger partial charge in [-0.15, -0.1) is 17.8 Å². The summed E-state index contributed by atoms with van der Waals surface area (Å²) in [7, 11) is 0. The molecule has 6 nitrogen and oxygen atoms in total.